The lowest BCUT2D eigenvalue weighted by atomic mass is 9.74. The standard InChI is InChI=1S/C24H36N2O5/c1-3-12-26(13-4-2)23(28)7-5-6-22(27)25-17-24(10-14-29-15-11-24)19-8-9-20-21(16-19)31-18-30-20/h8-9,16H,3-7,10-15,17-18H2,1-2H3,(H,25,27). The predicted molar refractivity (Wildman–Crippen MR) is 118 cm³/mol. The van der Waals surface area contributed by atoms with Crippen molar-refractivity contribution < 1.29 is 23.8 Å². The number of nitrogens with one attached hydrogen (secondary N) is 1. The van der Waals surface area contributed by atoms with Gasteiger partial charge in [0.2, 0.25) is 18.6 Å². The zero-order valence-electron chi connectivity index (χ0n) is 18.9. The molecule has 31 heavy (non-hydrogen) atoms. The van der Waals surface area contributed by atoms with Gasteiger partial charge >= 0.3 is 0 Å². The Hall–Kier alpha value is -2.28. The normalized spacial score (nSPS) is 16.7. The van der Waals surface area contributed by atoms with Crippen LogP contribution >= 0.6 is 0 Å². The van der Waals surface area contributed by atoms with Gasteiger partial charge in [0.1, 0.15) is 0 Å². The molecule has 0 saturated carbocycles. The Morgan fingerprint density at radius 2 is 1.74 bits per heavy atom. The van der Waals surface area contributed by atoms with Gasteiger partial charge in [0, 0.05) is 51.1 Å². The molecule has 2 amide bonds. The van der Waals surface area contributed by atoms with Crippen molar-refractivity contribution in [1.82, 2.24) is 10.2 Å². The van der Waals surface area contributed by atoms with E-state index in [1.54, 1.807) is 0 Å². The summed E-state index contributed by atoms with van der Waals surface area (Å²) in [5.74, 6) is 1.67. The molecule has 7 nitrogen and oxygen atoms in total. The fraction of sp³-hybridized carbons (Fsp3) is 0.667. The second kappa shape index (κ2) is 11.4. The molecule has 0 radical (unpaired) electrons. The molecule has 2 heterocycles. The first-order chi connectivity index (χ1) is 15.1. The zero-order chi connectivity index (χ0) is 22.1. The topological polar surface area (TPSA) is 77.1 Å². The molecule has 0 spiro atoms. The second-order valence-electron chi connectivity index (χ2n) is 8.47. The number of fused-ring (bicyclic) bond motifs is 1. The maximum Gasteiger partial charge on any atom is 0.231 e. The first-order valence-corrected chi connectivity index (χ1v) is 11.6. The number of rotatable bonds is 11. The summed E-state index contributed by atoms with van der Waals surface area (Å²) in [6.45, 7) is 7.88. The van der Waals surface area contributed by atoms with E-state index in [0.29, 0.717) is 39.0 Å². The van der Waals surface area contributed by atoms with E-state index < -0.39 is 0 Å². The van der Waals surface area contributed by atoms with Crippen LogP contribution in [0.5, 0.6) is 11.5 Å². The van der Waals surface area contributed by atoms with Crippen LogP contribution in [0.15, 0.2) is 18.2 Å². The second-order valence-corrected chi connectivity index (χ2v) is 8.47. The van der Waals surface area contributed by atoms with Crippen molar-refractivity contribution in [2.45, 2.75) is 64.2 Å². The van der Waals surface area contributed by atoms with Gasteiger partial charge in [-0.05, 0) is 49.8 Å². The van der Waals surface area contributed by atoms with Crippen LogP contribution in [0.3, 0.4) is 0 Å². The highest BCUT2D eigenvalue weighted by molar-refractivity contribution is 5.79. The van der Waals surface area contributed by atoms with Crippen molar-refractivity contribution in [3.05, 3.63) is 23.8 Å². The van der Waals surface area contributed by atoms with E-state index in [1.165, 1.54) is 0 Å². The van der Waals surface area contributed by atoms with E-state index >= 15 is 0 Å². The first kappa shape index (κ1) is 23.4. The predicted octanol–water partition coefficient (Wildman–Crippen LogP) is 3.40. The molecule has 2 aliphatic rings. The summed E-state index contributed by atoms with van der Waals surface area (Å²) in [6.07, 6.45) is 4.97. The number of hydrogen-bond acceptors (Lipinski definition) is 5. The number of nitrogens with zero attached hydrogens (tertiary/aromatic N) is 1. The van der Waals surface area contributed by atoms with Crippen LogP contribution in [-0.2, 0) is 19.7 Å². The maximum atomic E-state index is 12.5. The zero-order valence-corrected chi connectivity index (χ0v) is 18.9. The van der Waals surface area contributed by atoms with E-state index in [0.717, 1.165) is 55.8 Å². The maximum absolute atomic E-state index is 12.5. The Bertz CT molecular complexity index is 739. The Balaban J connectivity index is 1.52. The van der Waals surface area contributed by atoms with Gasteiger partial charge in [0.05, 0.1) is 0 Å². The SMILES string of the molecule is CCCN(CCC)C(=O)CCCC(=O)NCC1(c2ccc3c(c2)OCO3)CCOCC1. The van der Waals surface area contributed by atoms with Crippen LogP contribution in [0.2, 0.25) is 0 Å². The summed E-state index contributed by atoms with van der Waals surface area (Å²) in [6, 6.07) is 6.05. The van der Waals surface area contributed by atoms with Crippen molar-refractivity contribution in [3.63, 3.8) is 0 Å². The van der Waals surface area contributed by atoms with Crippen LogP contribution in [-0.4, -0.2) is 56.4 Å². The van der Waals surface area contributed by atoms with Crippen molar-refractivity contribution in [2.75, 3.05) is 39.6 Å². The van der Waals surface area contributed by atoms with E-state index in [1.807, 2.05) is 17.0 Å². The summed E-state index contributed by atoms with van der Waals surface area (Å²) < 4.78 is 16.6. The molecule has 7 heteroatoms. The molecule has 172 valence electrons. The molecule has 0 unspecified atom stereocenters. The highest BCUT2D eigenvalue weighted by Crippen LogP contribution is 2.40. The van der Waals surface area contributed by atoms with E-state index in [4.69, 9.17) is 14.2 Å². The third-order valence-electron chi connectivity index (χ3n) is 6.19. The first-order valence-electron chi connectivity index (χ1n) is 11.6. The fourth-order valence-electron chi connectivity index (χ4n) is 4.37. The molecular formula is C24H36N2O5. The number of hydrogen-bond donors (Lipinski definition) is 1. The molecule has 0 bridgehead atoms. The van der Waals surface area contributed by atoms with Crippen LogP contribution in [0.1, 0.15) is 64.4 Å². The van der Waals surface area contributed by atoms with Crippen LogP contribution in [0.4, 0.5) is 0 Å². The Morgan fingerprint density at radius 1 is 1.03 bits per heavy atom. The Morgan fingerprint density at radius 3 is 2.45 bits per heavy atom. The van der Waals surface area contributed by atoms with Gasteiger partial charge in [-0.1, -0.05) is 19.9 Å². The molecule has 1 aromatic carbocycles. The summed E-state index contributed by atoms with van der Waals surface area (Å²) in [7, 11) is 0. The quantitative estimate of drug-likeness (QED) is 0.580. The van der Waals surface area contributed by atoms with Crippen molar-refractivity contribution in [2.24, 2.45) is 0 Å². The minimum atomic E-state index is -0.177. The summed E-state index contributed by atoms with van der Waals surface area (Å²) in [4.78, 5) is 26.8. The van der Waals surface area contributed by atoms with E-state index in [-0.39, 0.29) is 24.0 Å². The molecule has 2 aliphatic heterocycles. The highest BCUT2D eigenvalue weighted by Gasteiger charge is 2.36. The van der Waals surface area contributed by atoms with E-state index in [9.17, 15) is 9.59 Å². The van der Waals surface area contributed by atoms with Gasteiger partial charge in [0.15, 0.2) is 11.5 Å². The molecular weight excluding hydrogens is 396 g/mol. The molecule has 0 aromatic heterocycles. The van der Waals surface area contributed by atoms with Crippen LogP contribution < -0.4 is 14.8 Å². The van der Waals surface area contributed by atoms with Crippen molar-refractivity contribution >= 4 is 11.8 Å². The molecule has 1 saturated heterocycles. The summed E-state index contributed by atoms with van der Waals surface area (Å²) in [5, 5.41) is 3.12. The molecule has 0 aliphatic carbocycles. The van der Waals surface area contributed by atoms with Gasteiger partial charge < -0.3 is 24.4 Å². The molecule has 1 fully saturated rings. The van der Waals surface area contributed by atoms with Gasteiger partial charge in [-0.3, -0.25) is 9.59 Å². The van der Waals surface area contributed by atoms with Crippen LogP contribution in [0.25, 0.3) is 0 Å². The lowest BCUT2D eigenvalue weighted by Crippen LogP contribution is -2.44. The number of carbonyl (C=O) groups excluding carboxylic acids is 2. The number of carbonyl (C=O) groups is 2. The number of ether oxygens (including phenoxy) is 3. The van der Waals surface area contributed by atoms with Crippen molar-refractivity contribution in [3.8, 4) is 11.5 Å². The smallest absolute Gasteiger partial charge is 0.231 e. The lowest BCUT2D eigenvalue weighted by molar-refractivity contribution is -0.131. The molecule has 3 rings (SSSR count). The molecule has 1 N–H and O–H groups in total. The van der Waals surface area contributed by atoms with E-state index in [2.05, 4.69) is 25.2 Å². The molecule has 0 atom stereocenters. The largest absolute Gasteiger partial charge is 0.454 e. The summed E-state index contributed by atoms with van der Waals surface area (Å²) in [5.41, 5.74) is 0.967. The highest BCUT2D eigenvalue weighted by atomic mass is 16.7. The fourth-order valence-corrected chi connectivity index (χ4v) is 4.37. The lowest BCUT2D eigenvalue weighted by Gasteiger charge is -2.38. The summed E-state index contributed by atoms with van der Waals surface area (Å²) >= 11 is 0. The minimum Gasteiger partial charge on any atom is -0.454 e. The monoisotopic (exact) mass is 432 g/mol. The van der Waals surface area contributed by atoms with Crippen LogP contribution in [0, 0.1) is 0 Å². The minimum absolute atomic E-state index is 0.00283. The average molecular weight is 433 g/mol. The van der Waals surface area contributed by atoms with Gasteiger partial charge in [0.25, 0.3) is 0 Å². The van der Waals surface area contributed by atoms with Gasteiger partial charge in [-0.25, -0.2) is 0 Å². The number of amides is 2. The Kier molecular flexibility index (Phi) is 8.58. The van der Waals surface area contributed by atoms with Crippen molar-refractivity contribution in [1.29, 1.82) is 0 Å². The molecule has 1 aromatic rings. The van der Waals surface area contributed by atoms with Gasteiger partial charge in [-0.15, -0.1) is 0 Å². The Labute approximate surface area is 185 Å². The van der Waals surface area contributed by atoms with Gasteiger partial charge in [-0.2, -0.15) is 0 Å². The average Bonchev–Trinajstić information content (AvgIpc) is 3.26. The third kappa shape index (κ3) is 6.12. The third-order valence-corrected chi connectivity index (χ3v) is 6.19. The number of benzene rings is 1.